The van der Waals surface area contributed by atoms with Crippen molar-refractivity contribution in [3.05, 3.63) is 36.2 Å². The molecule has 1 fully saturated rings. The minimum Gasteiger partial charge on any atom is -0.355 e. The average molecular weight is 286 g/mol. The zero-order valence-corrected chi connectivity index (χ0v) is 11.9. The van der Waals surface area contributed by atoms with E-state index in [4.69, 9.17) is 0 Å². The number of tetrazole rings is 1. The van der Waals surface area contributed by atoms with Crippen molar-refractivity contribution in [2.45, 2.75) is 31.8 Å². The Morgan fingerprint density at radius 3 is 3.10 bits per heavy atom. The molecule has 110 valence electrons. The molecule has 0 spiro atoms. The molecule has 1 aliphatic heterocycles. The zero-order chi connectivity index (χ0) is 14.7. The van der Waals surface area contributed by atoms with Gasteiger partial charge in [0.25, 0.3) is 0 Å². The van der Waals surface area contributed by atoms with Crippen LogP contribution in [0.2, 0.25) is 0 Å². The van der Waals surface area contributed by atoms with Gasteiger partial charge in [-0.25, -0.2) is 4.68 Å². The van der Waals surface area contributed by atoms with Crippen molar-refractivity contribution in [1.29, 1.82) is 0 Å². The van der Waals surface area contributed by atoms with Gasteiger partial charge in [0.2, 0.25) is 5.91 Å². The van der Waals surface area contributed by atoms with Crippen LogP contribution < -0.4 is 10.6 Å². The summed E-state index contributed by atoms with van der Waals surface area (Å²) in [6.07, 6.45) is 3.05. The molecule has 2 atom stereocenters. The molecule has 0 radical (unpaired) electrons. The van der Waals surface area contributed by atoms with Gasteiger partial charge >= 0.3 is 0 Å². The zero-order valence-electron chi connectivity index (χ0n) is 11.9. The first kappa shape index (κ1) is 13.7. The number of rotatable bonds is 4. The normalized spacial score (nSPS) is 20.0. The summed E-state index contributed by atoms with van der Waals surface area (Å²) in [5, 5.41) is 17.6. The Labute approximate surface area is 122 Å². The number of carbonyl (C=O) groups is 1. The van der Waals surface area contributed by atoms with Gasteiger partial charge in [-0.15, -0.1) is 5.10 Å². The molecule has 3 rings (SSSR count). The van der Waals surface area contributed by atoms with Crippen LogP contribution in [0.5, 0.6) is 0 Å². The number of carbonyl (C=O) groups excluding carboxylic acids is 1. The van der Waals surface area contributed by atoms with E-state index in [-0.39, 0.29) is 11.9 Å². The van der Waals surface area contributed by atoms with Crippen molar-refractivity contribution in [3.8, 4) is 5.69 Å². The quantitative estimate of drug-likeness (QED) is 0.859. The first-order valence-electron chi connectivity index (χ1n) is 7.08. The average Bonchev–Trinajstić information content (AvgIpc) is 3.04. The maximum absolute atomic E-state index is 11.2. The fourth-order valence-corrected chi connectivity index (χ4v) is 2.54. The largest absolute Gasteiger partial charge is 0.355 e. The van der Waals surface area contributed by atoms with Gasteiger partial charge in [0.15, 0.2) is 0 Å². The van der Waals surface area contributed by atoms with E-state index in [1.165, 1.54) is 5.56 Å². The first-order valence-corrected chi connectivity index (χ1v) is 7.08. The molecule has 0 saturated carbocycles. The maximum atomic E-state index is 11.2. The topological polar surface area (TPSA) is 84.7 Å². The van der Waals surface area contributed by atoms with Crippen LogP contribution in [0.1, 0.15) is 31.4 Å². The molecule has 2 heterocycles. The summed E-state index contributed by atoms with van der Waals surface area (Å²) in [5.41, 5.74) is 2.10. The van der Waals surface area contributed by atoms with Crippen LogP contribution in [-0.4, -0.2) is 38.7 Å². The van der Waals surface area contributed by atoms with Crippen LogP contribution in [0, 0.1) is 0 Å². The number of amides is 1. The highest BCUT2D eigenvalue weighted by atomic mass is 16.1. The van der Waals surface area contributed by atoms with E-state index in [0.717, 1.165) is 12.1 Å². The third-order valence-corrected chi connectivity index (χ3v) is 3.73. The van der Waals surface area contributed by atoms with Gasteiger partial charge in [-0.1, -0.05) is 12.1 Å². The molecule has 1 aromatic heterocycles. The summed E-state index contributed by atoms with van der Waals surface area (Å²) in [6, 6.07) is 8.61. The highest BCUT2D eigenvalue weighted by molar-refractivity contribution is 5.76. The van der Waals surface area contributed by atoms with Gasteiger partial charge in [-0.2, -0.15) is 0 Å². The van der Waals surface area contributed by atoms with Crippen LogP contribution in [-0.2, 0) is 4.79 Å². The number of benzene rings is 1. The monoisotopic (exact) mass is 286 g/mol. The highest BCUT2D eigenvalue weighted by Gasteiger charge is 2.19. The van der Waals surface area contributed by atoms with E-state index in [9.17, 15) is 4.79 Å². The van der Waals surface area contributed by atoms with Crippen molar-refractivity contribution in [3.63, 3.8) is 0 Å². The molecule has 2 unspecified atom stereocenters. The van der Waals surface area contributed by atoms with Gasteiger partial charge in [-0.05, 0) is 41.5 Å². The van der Waals surface area contributed by atoms with Gasteiger partial charge in [-0.3, -0.25) is 4.79 Å². The molecular formula is C14H18N6O. The van der Waals surface area contributed by atoms with E-state index in [2.05, 4.69) is 45.2 Å². The third kappa shape index (κ3) is 3.25. The smallest absolute Gasteiger partial charge is 0.220 e. The fraction of sp³-hybridized carbons (Fsp3) is 0.429. The molecule has 2 aromatic rings. The van der Waals surface area contributed by atoms with E-state index in [1.807, 2.05) is 12.1 Å². The number of aromatic nitrogens is 4. The van der Waals surface area contributed by atoms with Gasteiger partial charge in [0.05, 0.1) is 5.69 Å². The molecule has 1 aromatic carbocycles. The van der Waals surface area contributed by atoms with Crippen molar-refractivity contribution >= 4 is 5.91 Å². The number of piperidine rings is 1. The summed E-state index contributed by atoms with van der Waals surface area (Å²) < 4.78 is 1.64. The standard InChI is InChI=1S/C14H18N6O/c1-10(17-12-5-6-14(21)15-8-12)11-3-2-4-13(7-11)20-9-16-18-19-20/h2-4,7,9-10,12,17H,5-6,8H2,1H3,(H,15,21). The summed E-state index contributed by atoms with van der Waals surface area (Å²) in [5.74, 6) is 0.140. The van der Waals surface area contributed by atoms with Gasteiger partial charge in [0, 0.05) is 25.0 Å². The number of hydrogen-bond acceptors (Lipinski definition) is 5. The Hall–Kier alpha value is -2.28. The van der Waals surface area contributed by atoms with E-state index < -0.39 is 0 Å². The Morgan fingerprint density at radius 1 is 1.48 bits per heavy atom. The van der Waals surface area contributed by atoms with E-state index in [1.54, 1.807) is 11.0 Å². The van der Waals surface area contributed by atoms with E-state index >= 15 is 0 Å². The lowest BCUT2D eigenvalue weighted by Gasteiger charge is -2.27. The van der Waals surface area contributed by atoms with Crippen LogP contribution in [0.4, 0.5) is 0 Å². The summed E-state index contributed by atoms with van der Waals surface area (Å²) in [6.45, 7) is 2.81. The maximum Gasteiger partial charge on any atom is 0.220 e. The molecule has 21 heavy (non-hydrogen) atoms. The predicted octanol–water partition coefficient (Wildman–Crippen LogP) is 0.591. The lowest BCUT2D eigenvalue weighted by atomic mass is 10.0. The Morgan fingerprint density at radius 2 is 2.38 bits per heavy atom. The van der Waals surface area contributed by atoms with Crippen molar-refractivity contribution in [2.75, 3.05) is 6.54 Å². The molecule has 0 bridgehead atoms. The molecule has 7 nitrogen and oxygen atoms in total. The predicted molar refractivity (Wildman–Crippen MR) is 76.7 cm³/mol. The van der Waals surface area contributed by atoms with Crippen molar-refractivity contribution < 1.29 is 4.79 Å². The number of nitrogens with zero attached hydrogens (tertiary/aromatic N) is 4. The molecule has 1 aliphatic rings. The van der Waals surface area contributed by atoms with Crippen LogP contribution in [0.15, 0.2) is 30.6 Å². The number of nitrogens with one attached hydrogen (secondary N) is 2. The Kier molecular flexibility index (Phi) is 3.92. The molecule has 1 saturated heterocycles. The summed E-state index contributed by atoms with van der Waals surface area (Å²) >= 11 is 0. The van der Waals surface area contributed by atoms with Gasteiger partial charge in [0.1, 0.15) is 6.33 Å². The minimum atomic E-state index is 0.140. The molecular weight excluding hydrogens is 268 g/mol. The van der Waals surface area contributed by atoms with Crippen LogP contribution in [0.3, 0.4) is 0 Å². The molecule has 7 heteroatoms. The minimum absolute atomic E-state index is 0.140. The first-order chi connectivity index (χ1) is 10.2. The van der Waals surface area contributed by atoms with Crippen LogP contribution in [0.25, 0.3) is 5.69 Å². The van der Waals surface area contributed by atoms with Gasteiger partial charge < -0.3 is 10.6 Å². The summed E-state index contributed by atoms with van der Waals surface area (Å²) in [4.78, 5) is 11.2. The summed E-state index contributed by atoms with van der Waals surface area (Å²) in [7, 11) is 0. The Balaban J connectivity index is 1.68. The highest BCUT2D eigenvalue weighted by Crippen LogP contribution is 2.18. The fourth-order valence-electron chi connectivity index (χ4n) is 2.54. The lowest BCUT2D eigenvalue weighted by Crippen LogP contribution is -2.46. The van der Waals surface area contributed by atoms with E-state index in [0.29, 0.717) is 19.0 Å². The lowest BCUT2D eigenvalue weighted by molar-refractivity contribution is -0.122. The number of hydrogen-bond donors (Lipinski definition) is 2. The van der Waals surface area contributed by atoms with Crippen molar-refractivity contribution in [2.24, 2.45) is 0 Å². The second-order valence-corrected chi connectivity index (χ2v) is 5.28. The second kappa shape index (κ2) is 6.01. The molecule has 0 aliphatic carbocycles. The SMILES string of the molecule is CC(NC1CCC(=O)NC1)c1cccc(-n2cnnn2)c1. The second-order valence-electron chi connectivity index (χ2n) is 5.28. The van der Waals surface area contributed by atoms with Crippen molar-refractivity contribution in [1.82, 2.24) is 30.8 Å². The molecule has 1 amide bonds. The third-order valence-electron chi connectivity index (χ3n) is 3.73. The van der Waals surface area contributed by atoms with Crippen LogP contribution >= 0.6 is 0 Å². The molecule has 2 N–H and O–H groups in total. The Bertz CT molecular complexity index is 602.